The molecule has 0 bridgehead atoms. The molecule has 0 spiro atoms. The predicted molar refractivity (Wildman–Crippen MR) is 80.3 cm³/mol. The van der Waals surface area contributed by atoms with Gasteiger partial charge in [0.25, 0.3) is 0 Å². The van der Waals surface area contributed by atoms with E-state index in [1.54, 1.807) is 0 Å². The summed E-state index contributed by atoms with van der Waals surface area (Å²) in [6, 6.07) is 8.96. The van der Waals surface area contributed by atoms with Crippen LogP contribution in [0.3, 0.4) is 0 Å². The van der Waals surface area contributed by atoms with E-state index in [0.29, 0.717) is 22.7 Å². The van der Waals surface area contributed by atoms with Gasteiger partial charge in [-0.2, -0.15) is 22.0 Å². The van der Waals surface area contributed by atoms with Gasteiger partial charge in [-0.15, -0.1) is 0 Å². The molecule has 0 aliphatic rings. The van der Waals surface area contributed by atoms with Crippen molar-refractivity contribution in [3.8, 4) is 5.75 Å². The third-order valence-electron chi connectivity index (χ3n) is 3.04. The zero-order valence-corrected chi connectivity index (χ0v) is 13.2. The van der Waals surface area contributed by atoms with E-state index in [-0.39, 0.29) is 6.54 Å². The number of hydrogen-bond donors (Lipinski definition) is 1. The maximum atomic E-state index is 13.8. The van der Waals surface area contributed by atoms with Crippen LogP contribution in [0.25, 0.3) is 0 Å². The monoisotopic (exact) mass is 379 g/mol. The van der Waals surface area contributed by atoms with E-state index >= 15 is 0 Å². The Hall–Kier alpha value is -2.35. The fraction of sp³-hybridized carbons (Fsp3) is 0.188. The van der Waals surface area contributed by atoms with Gasteiger partial charge in [0, 0.05) is 11.6 Å². The Morgan fingerprint density at radius 2 is 1.68 bits per heavy atom. The molecule has 0 heterocycles. The molecule has 0 saturated heterocycles. The van der Waals surface area contributed by atoms with Crippen LogP contribution < -0.4 is 10.1 Å². The average Bonchev–Trinajstić information content (AvgIpc) is 2.53. The molecule has 1 N–H and O–H groups in total. The third-order valence-corrected chi connectivity index (χ3v) is 3.29. The number of alkyl halides is 5. The minimum atomic E-state index is -4.72. The molecule has 134 valence electrons. The molecule has 0 saturated carbocycles. The highest BCUT2D eigenvalue weighted by Gasteiger charge is 2.42. The Morgan fingerprint density at radius 1 is 1.04 bits per heavy atom. The first-order valence-corrected chi connectivity index (χ1v) is 7.22. The summed E-state index contributed by atoms with van der Waals surface area (Å²) in [4.78, 5) is 11.6. The van der Waals surface area contributed by atoms with Crippen molar-refractivity contribution in [2.45, 2.75) is 18.8 Å². The maximum absolute atomic E-state index is 13.8. The van der Waals surface area contributed by atoms with Crippen molar-refractivity contribution in [2.75, 3.05) is 0 Å². The van der Waals surface area contributed by atoms with Crippen LogP contribution in [-0.4, -0.2) is 12.0 Å². The summed E-state index contributed by atoms with van der Waals surface area (Å²) in [6.45, 7) is -0.225. The van der Waals surface area contributed by atoms with Gasteiger partial charge in [0.1, 0.15) is 5.75 Å². The number of amides is 1. The Kier molecular flexibility index (Phi) is 5.52. The van der Waals surface area contributed by atoms with E-state index in [9.17, 15) is 26.7 Å². The first-order chi connectivity index (χ1) is 11.6. The second kappa shape index (κ2) is 7.26. The Balaban J connectivity index is 2.02. The minimum Gasteiger partial charge on any atom is -0.425 e. The first-order valence-electron chi connectivity index (χ1n) is 6.85. The lowest BCUT2D eigenvalue weighted by atomic mass is 10.2. The van der Waals surface area contributed by atoms with Crippen molar-refractivity contribution in [2.24, 2.45) is 0 Å². The summed E-state index contributed by atoms with van der Waals surface area (Å²) >= 11 is 5.67. The molecule has 3 nitrogen and oxygen atoms in total. The number of carbonyl (C=O) groups excluding carboxylic acids is 1. The van der Waals surface area contributed by atoms with Crippen LogP contribution in [0.5, 0.6) is 5.75 Å². The van der Waals surface area contributed by atoms with E-state index in [4.69, 9.17) is 11.6 Å². The molecule has 0 unspecified atom stereocenters. The SMILES string of the molecule is O=C(NCc1ccc(Cl)cc1)C(F)(F)Oc1cccc(C(F)(F)F)c1. The number of benzene rings is 2. The third kappa shape index (κ3) is 5.32. The fourth-order valence-electron chi connectivity index (χ4n) is 1.82. The summed E-state index contributed by atoms with van der Waals surface area (Å²) in [5, 5.41) is 2.38. The van der Waals surface area contributed by atoms with Crippen molar-refractivity contribution < 1.29 is 31.5 Å². The topological polar surface area (TPSA) is 38.3 Å². The van der Waals surface area contributed by atoms with Gasteiger partial charge >= 0.3 is 18.2 Å². The molecule has 0 atom stereocenters. The Bertz CT molecular complexity index is 747. The van der Waals surface area contributed by atoms with Gasteiger partial charge in [0.05, 0.1) is 5.56 Å². The fourth-order valence-corrected chi connectivity index (χ4v) is 1.94. The zero-order valence-electron chi connectivity index (χ0n) is 12.4. The van der Waals surface area contributed by atoms with Crippen LogP contribution in [0.15, 0.2) is 48.5 Å². The van der Waals surface area contributed by atoms with E-state index in [0.717, 1.165) is 12.1 Å². The van der Waals surface area contributed by atoms with Gasteiger partial charge in [-0.1, -0.05) is 29.8 Å². The second-order valence-corrected chi connectivity index (χ2v) is 5.39. The summed E-state index contributed by atoms with van der Waals surface area (Å²) in [6.07, 6.45) is -9.05. The number of nitrogens with one attached hydrogen (secondary N) is 1. The van der Waals surface area contributed by atoms with Crippen molar-refractivity contribution in [3.63, 3.8) is 0 Å². The first kappa shape index (κ1) is 19.0. The molecular weight excluding hydrogens is 369 g/mol. The normalized spacial score (nSPS) is 11.9. The molecule has 1 amide bonds. The molecule has 2 aromatic rings. The highest BCUT2D eigenvalue weighted by atomic mass is 35.5. The molecule has 0 radical (unpaired) electrons. The average molecular weight is 380 g/mol. The summed E-state index contributed by atoms with van der Waals surface area (Å²) in [5.74, 6) is -2.55. The summed E-state index contributed by atoms with van der Waals surface area (Å²) < 4.78 is 69.4. The Labute approximate surface area is 144 Å². The molecule has 2 rings (SSSR count). The molecule has 0 aromatic heterocycles. The summed E-state index contributed by atoms with van der Waals surface area (Å²) in [5.41, 5.74) is -0.657. The largest absolute Gasteiger partial charge is 0.482 e. The number of hydrogen-bond acceptors (Lipinski definition) is 2. The van der Waals surface area contributed by atoms with Crippen LogP contribution in [0.2, 0.25) is 5.02 Å². The number of rotatable bonds is 5. The summed E-state index contributed by atoms with van der Waals surface area (Å²) in [7, 11) is 0. The number of carbonyl (C=O) groups is 1. The Morgan fingerprint density at radius 3 is 2.28 bits per heavy atom. The number of halogens is 6. The smallest absolute Gasteiger partial charge is 0.425 e. The van der Waals surface area contributed by atoms with Gasteiger partial charge in [0.2, 0.25) is 0 Å². The van der Waals surface area contributed by atoms with Gasteiger partial charge in [-0.25, -0.2) is 0 Å². The lowest BCUT2D eigenvalue weighted by molar-refractivity contribution is -0.193. The van der Waals surface area contributed by atoms with Gasteiger partial charge < -0.3 is 10.1 Å². The molecule has 25 heavy (non-hydrogen) atoms. The van der Waals surface area contributed by atoms with E-state index in [1.807, 2.05) is 5.32 Å². The number of ether oxygens (including phenoxy) is 1. The quantitative estimate of drug-likeness (QED) is 0.768. The minimum absolute atomic E-state index is 0.225. The van der Waals surface area contributed by atoms with Gasteiger partial charge in [0.15, 0.2) is 0 Å². The zero-order chi connectivity index (χ0) is 18.7. The lowest BCUT2D eigenvalue weighted by Gasteiger charge is -2.18. The molecule has 2 aromatic carbocycles. The highest BCUT2D eigenvalue weighted by Crippen LogP contribution is 2.32. The van der Waals surface area contributed by atoms with Crippen molar-refractivity contribution in [1.82, 2.24) is 5.32 Å². The van der Waals surface area contributed by atoms with E-state index in [1.165, 1.54) is 24.3 Å². The second-order valence-electron chi connectivity index (χ2n) is 4.95. The van der Waals surface area contributed by atoms with Crippen LogP contribution in [0.1, 0.15) is 11.1 Å². The van der Waals surface area contributed by atoms with Crippen molar-refractivity contribution >= 4 is 17.5 Å². The van der Waals surface area contributed by atoms with Crippen molar-refractivity contribution in [1.29, 1.82) is 0 Å². The van der Waals surface area contributed by atoms with Crippen LogP contribution >= 0.6 is 11.6 Å². The van der Waals surface area contributed by atoms with Gasteiger partial charge in [-0.05, 0) is 35.9 Å². The molecule has 0 aliphatic heterocycles. The predicted octanol–water partition coefficient (Wildman–Crippen LogP) is 4.65. The maximum Gasteiger partial charge on any atom is 0.482 e. The van der Waals surface area contributed by atoms with E-state index < -0.39 is 29.5 Å². The van der Waals surface area contributed by atoms with Crippen LogP contribution in [0.4, 0.5) is 22.0 Å². The van der Waals surface area contributed by atoms with Crippen LogP contribution in [0, 0.1) is 0 Å². The standard InChI is InChI=1S/C16H11ClF5NO2/c17-12-6-4-10(5-7-12)9-23-14(24)16(21,22)25-13-3-1-2-11(8-13)15(18,19)20/h1-8H,9H2,(H,23,24). The van der Waals surface area contributed by atoms with Gasteiger partial charge in [-0.3, -0.25) is 4.79 Å². The lowest BCUT2D eigenvalue weighted by Crippen LogP contribution is -2.44. The molecule has 0 fully saturated rings. The van der Waals surface area contributed by atoms with E-state index in [2.05, 4.69) is 4.74 Å². The molecule has 9 heteroatoms. The highest BCUT2D eigenvalue weighted by molar-refractivity contribution is 6.30. The van der Waals surface area contributed by atoms with Crippen LogP contribution in [-0.2, 0) is 17.5 Å². The molecule has 0 aliphatic carbocycles. The molecular formula is C16H11ClF5NO2. The van der Waals surface area contributed by atoms with Crippen molar-refractivity contribution in [3.05, 3.63) is 64.7 Å².